The van der Waals surface area contributed by atoms with Crippen LogP contribution in [0.3, 0.4) is 0 Å². The molecule has 2 rings (SSSR count). The largest absolute Gasteiger partial charge is 0.233 e. The van der Waals surface area contributed by atoms with Gasteiger partial charge in [-0.15, -0.1) is 11.6 Å². The van der Waals surface area contributed by atoms with Crippen LogP contribution in [0.4, 0.5) is 0 Å². The molecule has 0 N–H and O–H groups in total. The van der Waals surface area contributed by atoms with Crippen LogP contribution < -0.4 is 0 Å². The summed E-state index contributed by atoms with van der Waals surface area (Å²) in [6.45, 7) is 4.01. The van der Waals surface area contributed by atoms with Gasteiger partial charge in [-0.25, -0.2) is 9.97 Å². The molecule has 0 saturated carbocycles. The molecule has 16 heavy (non-hydrogen) atoms. The molecule has 0 amide bonds. The van der Waals surface area contributed by atoms with Gasteiger partial charge in [-0.05, 0) is 19.9 Å². The average Bonchev–Trinajstić information content (AvgIpc) is 2.29. The molecule has 1 heterocycles. The van der Waals surface area contributed by atoms with E-state index >= 15 is 0 Å². The topological polar surface area (TPSA) is 25.8 Å². The number of alkyl halides is 1. The Balaban J connectivity index is 2.47. The molecule has 0 fully saturated rings. The Morgan fingerprint density at radius 2 is 1.75 bits per heavy atom. The number of aryl methyl sites for hydroxylation is 2. The number of nitrogens with zero attached hydrogens (tertiary/aromatic N) is 2. The molecule has 0 saturated heterocycles. The lowest BCUT2D eigenvalue weighted by Crippen LogP contribution is -1.96. The van der Waals surface area contributed by atoms with E-state index in [0.29, 0.717) is 5.88 Å². The summed E-state index contributed by atoms with van der Waals surface area (Å²) in [6, 6.07) is 10.1. The highest BCUT2D eigenvalue weighted by Crippen LogP contribution is 2.17. The van der Waals surface area contributed by atoms with Crippen LogP contribution in [-0.4, -0.2) is 9.97 Å². The van der Waals surface area contributed by atoms with Crippen LogP contribution in [-0.2, 0) is 5.88 Å². The van der Waals surface area contributed by atoms with Crippen LogP contribution in [0, 0.1) is 13.8 Å². The van der Waals surface area contributed by atoms with Crippen LogP contribution in [0.25, 0.3) is 11.4 Å². The SMILES string of the molecule is Cc1ccc(-c2nc(C)cc(CCl)n2)cc1. The minimum absolute atomic E-state index is 0.419. The van der Waals surface area contributed by atoms with Gasteiger partial charge in [-0.1, -0.05) is 29.8 Å². The maximum Gasteiger partial charge on any atom is 0.159 e. The third-order valence-corrected chi connectivity index (χ3v) is 2.63. The number of aromatic nitrogens is 2. The molecule has 0 aliphatic rings. The molecule has 1 aromatic carbocycles. The van der Waals surface area contributed by atoms with Crippen LogP contribution in [0.5, 0.6) is 0 Å². The summed E-state index contributed by atoms with van der Waals surface area (Å²) in [7, 11) is 0. The predicted octanol–water partition coefficient (Wildman–Crippen LogP) is 3.50. The molecule has 0 atom stereocenters. The average molecular weight is 233 g/mol. The smallest absolute Gasteiger partial charge is 0.159 e. The Hall–Kier alpha value is -1.41. The minimum Gasteiger partial charge on any atom is -0.233 e. The molecule has 2 aromatic rings. The number of hydrogen-bond acceptors (Lipinski definition) is 2. The molecular formula is C13H13ClN2. The van der Waals surface area contributed by atoms with Crippen molar-refractivity contribution in [3.8, 4) is 11.4 Å². The first-order valence-electron chi connectivity index (χ1n) is 5.16. The molecule has 0 spiro atoms. The number of hydrogen-bond donors (Lipinski definition) is 0. The van der Waals surface area contributed by atoms with Crippen molar-refractivity contribution in [2.75, 3.05) is 0 Å². The predicted molar refractivity (Wildman–Crippen MR) is 66.5 cm³/mol. The highest BCUT2D eigenvalue weighted by atomic mass is 35.5. The van der Waals surface area contributed by atoms with Crippen LogP contribution in [0.15, 0.2) is 30.3 Å². The van der Waals surface area contributed by atoms with Gasteiger partial charge in [-0.3, -0.25) is 0 Å². The van der Waals surface area contributed by atoms with E-state index in [4.69, 9.17) is 11.6 Å². The third kappa shape index (κ3) is 2.39. The fourth-order valence-electron chi connectivity index (χ4n) is 1.53. The Kier molecular flexibility index (Phi) is 3.20. The van der Waals surface area contributed by atoms with E-state index in [2.05, 4.69) is 29.0 Å². The Labute approximate surface area is 100 Å². The van der Waals surface area contributed by atoms with E-state index < -0.39 is 0 Å². The Morgan fingerprint density at radius 1 is 1.06 bits per heavy atom. The van der Waals surface area contributed by atoms with Crippen molar-refractivity contribution in [2.24, 2.45) is 0 Å². The summed E-state index contributed by atoms with van der Waals surface area (Å²) in [4.78, 5) is 8.82. The van der Waals surface area contributed by atoms with E-state index in [1.54, 1.807) is 0 Å². The normalized spacial score (nSPS) is 10.4. The first kappa shape index (κ1) is 11.1. The van der Waals surface area contributed by atoms with Gasteiger partial charge < -0.3 is 0 Å². The fourth-order valence-corrected chi connectivity index (χ4v) is 1.67. The van der Waals surface area contributed by atoms with Gasteiger partial charge in [0.05, 0.1) is 11.6 Å². The van der Waals surface area contributed by atoms with Gasteiger partial charge in [-0.2, -0.15) is 0 Å². The van der Waals surface area contributed by atoms with E-state index in [1.165, 1.54) is 5.56 Å². The van der Waals surface area contributed by atoms with Crippen molar-refractivity contribution in [3.63, 3.8) is 0 Å². The van der Waals surface area contributed by atoms with E-state index in [-0.39, 0.29) is 0 Å². The van der Waals surface area contributed by atoms with Crippen molar-refractivity contribution < 1.29 is 0 Å². The van der Waals surface area contributed by atoms with Crippen molar-refractivity contribution in [1.82, 2.24) is 9.97 Å². The maximum absolute atomic E-state index is 5.79. The second-order valence-corrected chi connectivity index (χ2v) is 4.09. The highest BCUT2D eigenvalue weighted by molar-refractivity contribution is 6.16. The van der Waals surface area contributed by atoms with Gasteiger partial charge in [0.25, 0.3) is 0 Å². The van der Waals surface area contributed by atoms with Crippen molar-refractivity contribution >= 4 is 11.6 Å². The lowest BCUT2D eigenvalue weighted by atomic mass is 10.1. The minimum atomic E-state index is 0.419. The van der Waals surface area contributed by atoms with Crippen LogP contribution >= 0.6 is 11.6 Å². The molecular weight excluding hydrogens is 220 g/mol. The van der Waals surface area contributed by atoms with E-state index in [1.807, 2.05) is 25.1 Å². The summed E-state index contributed by atoms with van der Waals surface area (Å²) in [6.07, 6.45) is 0. The lowest BCUT2D eigenvalue weighted by Gasteiger charge is -2.04. The van der Waals surface area contributed by atoms with Crippen molar-refractivity contribution in [1.29, 1.82) is 0 Å². The first-order chi connectivity index (χ1) is 7.69. The number of halogens is 1. The van der Waals surface area contributed by atoms with E-state index in [0.717, 1.165) is 22.8 Å². The van der Waals surface area contributed by atoms with Gasteiger partial charge in [0.1, 0.15) is 0 Å². The summed E-state index contributed by atoms with van der Waals surface area (Å²) in [5.74, 6) is 1.16. The van der Waals surface area contributed by atoms with Gasteiger partial charge in [0, 0.05) is 11.3 Å². The second-order valence-electron chi connectivity index (χ2n) is 3.82. The van der Waals surface area contributed by atoms with Gasteiger partial charge >= 0.3 is 0 Å². The molecule has 2 nitrogen and oxygen atoms in total. The summed E-state index contributed by atoms with van der Waals surface area (Å²) >= 11 is 5.79. The molecule has 3 heteroatoms. The second kappa shape index (κ2) is 4.62. The lowest BCUT2D eigenvalue weighted by molar-refractivity contribution is 1.05. The molecule has 1 aromatic heterocycles. The molecule has 0 radical (unpaired) electrons. The summed E-state index contributed by atoms with van der Waals surface area (Å²) in [5, 5.41) is 0. The molecule has 0 aliphatic carbocycles. The summed E-state index contributed by atoms with van der Waals surface area (Å²) in [5.41, 5.74) is 4.07. The monoisotopic (exact) mass is 232 g/mol. The Morgan fingerprint density at radius 3 is 2.38 bits per heavy atom. The molecule has 0 unspecified atom stereocenters. The first-order valence-corrected chi connectivity index (χ1v) is 5.70. The van der Waals surface area contributed by atoms with E-state index in [9.17, 15) is 0 Å². The van der Waals surface area contributed by atoms with Gasteiger partial charge in [0.15, 0.2) is 5.82 Å². The van der Waals surface area contributed by atoms with Gasteiger partial charge in [0.2, 0.25) is 0 Å². The molecule has 0 bridgehead atoms. The van der Waals surface area contributed by atoms with Crippen LogP contribution in [0.2, 0.25) is 0 Å². The van der Waals surface area contributed by atoms with Crippen LogP contribution in [0.1, 0.15) is 17.0 Å². The molecule has 0 aliphatic heterocycles. The maximum atomic E-state index is 5.79. The quantitative estimate of drug-likeness (QED) is 0.741. The fraction of sp³-hybridized carbons (Fsp3) is 0.231. The highest BCUT2D eigenvalue weighted by Gasteiger charge is 2.03. The summed E-state index contributed by atoms with van der Waals surface area (Å²) < 4.78 is 0. The zero-order chi connectivity index (χ0) is 11.5. The zero-order valence-corrected chi connectivity index (χ0v) is 10.1. The van der Waals surface area contributed by atoms with Crippen molar-refractivity contribution in [3.05, 3.63) is 47.3 Å². The Bertz CT molecular complexity index is 492. The zero-order valence-electron chi connectivity index (χ0n) is 9.37. The molecule has 82 valence electrons. The number of benzene rings is 1. The number of rotatable bonds is 2. The van der Waals surface area contributed by atoms with Crippen molar-refractivity contribution in [2.45, 2.75) is 19.7 Å². The standard InChI is InChI=1S/C13H13ClN2/c1-9-3-5-11(6-4-9)13-15-10(2)7-12(8-14)16-13/h3-7H,8H2,1-2H3. The third-order valence-electron chi connectivity index (χ3n) is 2.35.